The van der Waals surface area contributed by atoms with Crippen molar-refractivity contribution in [1.29, 1.82) is 0 Å². The lowest BCUT2D eigenvalue weighted by Crippen LogP contribution is -2.23. The Balaban J connectivity index is 2.34. The summed E-state index contributed by atoms with van der Waals surface area (Å²) in [5, 5.41) is 8.79. The van der Waals surface area contributed by atoms with Crippen molar-refractivity contribution in [2.75, 3.05) is 18.1 Å². The summed E-state index contributed by atoms with van der Waals surface area (Å²) in [6.45, 7) is 2.55. The summed E-state index contributed by atoms with van der Waals surface area (Å²) in [7, 11) is 0. The van der Waals surface area contributed by atoms with E-state index in [2.05, 4.69) is 0 Å². The molecule has 0 spiro atoms. The second-order valence-electron chi connectivity index (χ2n) is 3.51. The summed E-state index contributed by atoms with van der Waals surface area (Å²) in [6.07, 6.45) is -0.393. The third kappa shape index (κ3) is 1.69. The Morgan fingerprint density at radius 1 is 1.50 bits per heavy atom. The minimum absolute atomic E-state index is 0.163. The summed E-state index contributed by atoms with van der Waals surface area (Å²) >= 11 is 0. The minimum Gasteiger partial charge on any atom is -0.447 e. The zero-order valence-corrected chi connectivity index (χ0v) is 8.71. The van der Waals surface area contributed by atoms with Gasteiger partial charge in [-0.1, -0.05) is 0 Å². The number of carbonyl (C=O) groups excluding carboxylic acids is 1. The standard InChI is InChI=1S/C10H11N2O4/c1-7-6-8(2-3-9(7)12(14)15)11-4-5-16-10(11)13/h2-3,6H,4-5H2,1H3,(H,14,15)/q+1. The summed E-state index contributed by atoms with van der Waals surface area (Å²) in [5.41, 5.74) is 1.41. The molecule has 6 nitrogen and oxygen atoms in total. The first-order valence-corrected chi connectivity index (χ1v) is 4.80. The van der Waals surface area contributed by atoms with E-state index in [0.717, 1.165) is 0 Å². The van der Waals surface area contributed by atoms with Gasteiger partial charge in [0.2, 0.25) is 0 Å². The van der Waals surface area contributed by atoms with E-state index < -0.39 is 6.09 Å². The van der Waals surface area contributed by atoms with Gasteiger partial charge in [-0.3, -0.25) is 4.90 Å². The quantitative estimate of drug-likeness (QED) is 0.775. The van der Waals surface area contributed by atoms with Crippen LogP contribution in [-0.4, -0.2) is 29.4 Å². The van der Waals surface area contributed by atoms with Crippen molar-refractivity contribution in [3.63, 3.8) is 0 Å². The molecule has 1 heterocycles. The lowest BCUT2D eigenvalue weighted by atomic mass is 10.1. The molecule has 0 aromatic heterocycles. The van der Waals surface area contributed by atoms with Crippen molar-refractivity contribution in [2.24, 2.45) is 0 Å². The molecule has 0 atom stereocenters. The van der Waals surface area contributed by atoms with Crippen LogP contribution in [0.15, 0.2) is 18.2 Å². The van der Waals surface area contributed by atoms with Crippen LogP contribution in [0.25, 0.3) is 0 Å². The van der Waals surface area contributed by atoms with E-state index in [0.29, 0.717) is 24.4 Å². The fourth-order valence-electron chi connectivity index (χ4n) is 1.65. The van der Waals surface area contributed by atoms with Crippen molar-refractivity contribution in [3.05, 3.63) is 28.7 Å². The number of nitrogens with zero attached hydrogens (tertiary/aromatic N) is 2. The molecule has 0 radical (unpaired) electrons. The number of ether oxygens (including phenoxy) is 1. The Kier molecular flexibility index (Phi) is 2.47. The third-order valence-electron chi connectivity index (χ3n) is 2.46. The van der Waals surface area contributed by atoms with Crippen molar-refractivity contribution < 1.29 is 19.7 Å². The van der Waals surface area contributed by atoms with Gasteiger partial charge < -0.3 is 4.74 Å². The first-order chi connectivity index (χ1) is 7.59. The van der Waals surface area contributed by atoms with Gasteiger partial charge in [-0.2, -0.15) is 0 Å². The Bertz CT molecular complexity index is 458. The summed E-state index contributed by atoms with van der Waals surface area (Å²) in [6, 6.07) is 4.71. The summed E-state index contributed by atoms with van der Waals surface area (Å²) < 4.78 is 4.80. The van der Waals surface area contributed by atoms with Crippen LogP contribution in [0.1, 0.15) is 5.56 Å². The third-order valence-corrected chi connectivity index (χ3v) is 2.46. The molecular formula is C10H11N2O4+. The molecule has 0 aliphatic carbocycles. The number of cyclic esters (lactones) is 1. The van der Waals surface area contributed by atoms with E-state index in [1.54, 1.807) is 19.1 Å². The minimum atomic E-state index is -0.393. The lowest BCUT2D eigenvalue weighted by molar-refractivity contribution is -0.730. The van der Waals surface area contributed by atoms with Crippen molar-refractivity contribution >= 4 is 17.5 Å². The highest BCUT2D eigenvalue weighted by Crippen LogP contribution is 2.25. The van der Waals surface area contributed by atoms with Gasteiger partial charge in [-0.25, -0.2) is 10.0 Å². The maximum Gasteiger partial charge on any atom is 0.414 e. The van der Waals surface area contributed by atoms with Gasteiger partial charge in [-0.05, 0) is 19.1 Å². The van der Waals surface area contributed by atoms with Crippen LogP contribution >= 0.6 is 0 Å². The zero-order chi connectivity index (χ0) is 11.7. The largest absolute Gasteiger partial charge is 0.447 e. The SMILES string of the molecule is Cc1cc(N2CCOC2=O)ccc1[N+](=O)O. The molecule has 1 N–H and O–H groups in total. The Labute approximate surface area is 91.6 Å². The van der Waals surface area contributed by atoms with E-state index in [1.165, 1.54) is 11.0 Å². The number of anilines is 1. The molecule has 1 aliphatic rings. The van der Waals surface area contributed by atoms with Crippen LogP contribution < -0.4 is 4.90 Å². The van der Waals surface area contributed by atoms with Crippen LogP contribution in [0, 0.1) is 11.8 Å². The van der Waals surface area contributed by atoms with E-state index in [-0.39, 0.29) is 10.6 Å². The average Bonchev–Trinajstić information content (AvgIpc) is 2.63. The topological polar surface area (TPSA) is 69.8 Å². The van der Waals surface area contributed by atoms with Crippen molar-refractivity contribution in [1.82, 2.24) is 0 Å². The van der Waals surface area contributed by atoms with Crippen LogP contribution in [0.2, 0.25) is 0 Å². The number of carbonyl (C=O) groups is 1. The van der Waals surface area contributed by atoms with Gasteiger partial charge >= 0.3 is 11.8 Å². The molecule has 1 fully saturated rings. The van der Waals surface area contributed by atoms with E-state index >= 15 is 0 Å². The van der Waals surface area contributed by atoms with Crippen molar-refractivity contribution in [3.8, 4) is 0 Å². The zero-order valence-electron chi connectivity index (χ0n) is 8.71. The molecule has 1 aromatic rings. The number of benzene rings is 1. The molecule has 84 valence electrons. The molecule has 0 saturated carbocycles. The molecule has 6 heteroatoms. The number of rotatable bonds is 2. The molecule has 1 aliphatic heterocycles. The monoisotopic (exact) mass is 223 g/mol. The van der Waals surface area contributed by atoms with Gasteiger partial charge in [0, 0.05) is 17.3 Å². The van der Waals surface area contributed by atoms with Gasteiger partial charge in [0.15, 0.2) is 0 Å². The van der Waals surface area contributed by atoms with Gasteiger partial charge in [0.1, 0.15) is 6.61 Å². The molecule has 2 rings (SSSR count). The lowest BCUT2D eigenvalue weighted by Gasteiger charge is -2.12. The highest BCUT2D eigenvalue weighted by molar-refractivity contribution is 5.89. The van der Waals surface area contributed by atoms with E-state index in [4.69, 9.17) is 9.94 Å². The Morgan fingerprint density at radius 3 is 2.75 bits per heavy atom. The second kappa shape index (κ2) is 3.80. The Hall–Kier alpha value is -2.11. The molecular weight excluding hydrogens is 212 g/mol. The van der Waals surface area contributed by atoms with Gasteiger partial charge in [0.05, 0.1) is 11.5 Å². The van der Waals surface area contributed by atoms with Gasteiger partial charge in [0.25, 0.3) is 4.92 Å². The summed E-state index contributed by atoms with van der Waals surface area (Å²) in [5.74, 6) is 0. The van der Waals surface area contributed by atoms with Crippen molar-refractivity contribution in [2.45, 2.75) is 6.92 Å². The van der Waals surface area contributed by atoms with Crippen LogP contribution in [0.5, 0.6) is 0 Å². The maximum absolute atomic E-state index is 11.3. The fourth-order valence-corrected chi connectivity index (χ4v) is 1.65. The highest BCUT2D eigenvalue weighted by atomic mass is 16.6. The van der Waals surface area contributed by atoms with E-state index in [9.17, 15) is 9.70 Å². The number of aryl methyl sites for hydroxylation is 1. The molecule has 16 heavy (non-hydrogen) atoms. The van der Waals surface area contributed by atoms with Crippen LogP contribution in [0.4, 0.5) is 16.2 Å². The predicted molar refractivity (Wildman–Crippen MR) is 54.9 cm³/mol. The number of hydrogen-bond acceptors (Lipinski definition) is 3. The number of amides is 1. The smallest absolute Gasteiger partial charge is 0.414 e. The highest BCUT2D eigenvalue weighted by Gasteiger charge is 2.25. The van der Waals surface area contributed by atoms with Crippen LogP contribution in [-0.2, 0) is 4.74 Å². The van der Waals surface area contributed by atoms with E-state index in [1.807, 2.05) is 0 Å². The number of hydrogen-bond donors (Lipinski definition) is 1. The Morgan fingerprint density at radius 2 is 2.25 bits per heavy atom. The maximum atomic E-state index is 11.3. The first kappa shape index (κ1) is 10.4. The first-order valence-electron chi connectivity index (χ1n) is 4.80. The summed E-state index contributed by atoms with van der Waals surface area (Å²) in [4.78, 5) is 23.3. The average molecular weight is 223 g/mol. The normalized spacial score (nSPS) is 15.1. The fraction of sp³-hybridized carbons (Fsp3) is 0.300. The molecule has 1 amide bonds. The van der Waals surface area contributed by atoms with Gasteiger partial charge in [-0.15, -0.1) is 0 Å². The second-order valence-corrected chi connectivity index (χ2v) is 3.51. The molecule has 0 unspecified atom stereocenters. The predicted octanol–water partition coefficient (Wildman–Crippen LogP) is 1.75. The van der Waals surface area contributed by atoms with Crippen LogP contribution in [0.3, 0.4) is 0 Å². The molecule has 1 saturated heterocycles. The molecule has 0 bridgehead atoms. The molecule has 1 aromatic carbocycles.